The first-order valence-electron chi connectivity index (χ1n) is 15.2. The van der Waals surface area contributed by atoms with Crippen LogP contribution in [0.2, 0.25) is 0 Å². The Kier molecular flexibility index (Phi) is 14.5. The molecule has 1 aliphatic carbocycles. The van der Waals surface area contributed by atoms with Crippen LogP contribution in [0.5, 0.6) is 11.5 Å². The molecule has 0 amide bonds. The van der Waals surface area contributed by atoms with Gasteiger partial charge in [-0.15, -0.1) is 0 Å². The topological polar surface area (TPSA) is 97.4 Å². The zero-order chi connectivity index (χ0) is 30.9. The second-order valence-corrected chi connectivity index (χ2v) is 10.7. The van der Waals surface area contributed by atoms with Crippen LogP contribution in [0.4, 0.5) is 0 Å². The van der Waals surface area contributed by atoms with Gasteiger partial charge in [0.1, 0.15) is 18.1 Å². The van der Waals surface area contributed by atoms with Crippen LogP contribution < -0.4 is 9.47 Å². The SMILES string of the molecule is C=CC(=O)OCCCCOCC(COc1ccc(C(=O)Oc2ccc(C3CCC(CCC)CC3)cc2)cc1)OC(=O)C=C. The van der Waals surface area contributed by atoms with Gasteiger partial charge in [0, 0.05) is 18.8 Å². The highest BCUT2D eigenvalue weighted by molar-refractivity contribution is 5.91. The van der Waals surface area contributed by atoms with E-state index in [1.54, 1.807) is 24.3 Å². The molecule has 43 heavy (non-hydrogen) atoms. The molecule has 0 aliphatic heterocycles. The lowest BCUT2D eigenvalue weighted by molar-refractivity contribution is -0.148. The Balaban J connectivity index is 1.42. The van der Waals surface area contributed by atoms with E-state index in [4.69, 9.17) is 23.7 Å². The van der Waals surface area contributed by atoms with Crippen LogP contribution in [0.25, 0.3) is 0 Å². The van der Waals surface area contributed by atoms with Crippen molar-refractivity contribution in [2.45, 2.75) is 70.3 Å². The summed E-state index contributed by atoms with van der Waals surface area (Å²) >= 11 is 0. The second kappa shape index (κ2) is 18.6. The standard InChI is InChI=1S/C35H44O8/c1-4-9-26-10-12-27(13-11-26)28-14-20-31(21-15-28)43-35(38)29-16-18-30(19-17-29)41-25-32(42-34(37)6-3)24-39-22-7-8-23-40-33(36)5-2/h5-6,14-21,26-27,32H,2-4,7-13,22-25H2,1H3. The molecule has 1 unspecified atom stereocenters. The Hall–Kier alpha value is -3.91. The highest BCUT2D eigenvalue weighted by atomic mass is 16.6. The molecule has 8 nitrogen and oxygen atoms in total. The van der Waals surface area contributed by atoms with Crippen molar-refractivity contribution in [1.82, 2.24) is 0 Å². The van der Waals surface area contributed by atoms with Crippen LogP contribution >= 0.6 is 0 Å². The van der Waals surface area contributed by atoms with Crippen LogP contribution in [-0.4, -0.2) is 50.4 Å². The molecule has 8 heteroatoms. The van der Waals surface area contributed by atoms with E-state index < -0.39 is 24.0 Å². The Morgan fingerprint density at radius 2 is 1.49 bits per heavy atom. The summed E-state index contributed by atoms with van der Waals surface area (Å²) in [6.07, 6.45) is 10.4. The molecule has 2 aromatic rings. The lowest BCUT2D eigenvalue weighted by atomic mass is 9.77. The number of benzene rings is 2. The van der Waals surface area contributed by atoms with Gasteiger partial charge < -0.3 is 23.7 Å². The number of hydrogen-bond acceptors (Lipinski definition) is 8. The van der Waals surface area contributed by atoms with Crippen LogP contribution in [0.1, 0.15) is 80.1 Å². The van der Waals surface area contributed by atoms with Crippen LogP contribution in [0.15, 0.2) is 73.8 Å². The van der Waals surface area contributed by atoms with Crippen molar-refractivity contribution < 1.29 is 38.1 Å². The van der Waals surface area contributed by atoms with Crippen molar-refractivity contribution in [2.75, 3.05) is 26.4 Å². The minimum absolute atomic E-state index is 0.0485. The predicted octanol–water partition coefficient (Wildman–Crippen LogP) is 6.98. The highest BCUT2D eigenvalue weighted by Gasteiger charge is 2.22. The monoisotopic (exact) mass is 592 g/mol. The van der Waals surface area contributed by atoms with Crippen molar-refractivity contribution in [1.29, 1.82) is 0 Å². The summed E-state index contributed by atoms with van der Waals surface area (Å²) in [5.41, 5.74) is 1.70. The van der Waals surface area contributed by atoms with Gasteiger partial charge >= 0.3 is 17.9 Å². The summed E-state index contributed by atoms with van der Waals surface area (Å²) in [7, 11) is 0. The Labute approximate surface area is 255 Å². The third-order valence-electron chi connectivity index (χ3n) is 7.48. The first-order chi connectivity index (χ1) is 20.9. The Morgan fingerprint density at radius 1 is 0.837 bits per heavy atom. The summed E-state index contributed by atoms with van der Waals surface area (Å²) < 4.78 is 27.2. The normalized spacial score (nSPS) is 16.9. The molecule has 3 rings (SSSR count). The maximum absolute atomic E-state index is 12.7. The van der Waals surface area contributed by atoms with Gasteiger partial charge in [0.15, 0.2) is 6.10 Å². The molecule has 0 aromatic heterocycles. The van der Waals surface area contributed by atoms with E-state index in [0.717, 1.165) is 18.1 Å². The lowest BCUT2D eigenvalue weighted by Crippen LogP contribution is -2.29. The van der Waals surface area contributed by atoms with Gasteiger partial charge in [0.25, 0.3) is 0 Å². The summed E-state index contributed by atoms with van der Waals surface area (Å²) in [6, 6.07) is 14.5. The van der Waals surface area contributed by atoms with Gasteiger partial charge in [-0.3, -0.25) is 0 Å². The van der Waals surface area contributed by atoms with Crippen molar-refractivity contribution in [3.05, 3.63) is 85.0 Å². The van der Waals surface area contributed by atoms with Crippen LogP contribution in [0, 0.1) is 5.92 Å². The molecule has 1 atom stereocenters. The summed E-state index contributed by atoms with van der Waals surface area (Å²) in [5, 5.41) is 0. The zero-order valence-electron chi connectivity index (χ0n) is 25.2. The number of esters is 3. The van der Waals surface area contributed by atoms with Gasteiger partial charge in [-0.05, 0) is 92.3 Å². The first kappa shape index (κ1) is 33.6. The number of unbranched alkanes of at least 4 members (excludes halogenated alkanes) is 1. The molecule has 1 fully saturated rings. The summed E-state index contributed by atoms with van der Waals surface area (Å²) in [6.45, 7) is 9.87. The molecule has 0 heterocycles. The molecule has 0 bridgehead atoms. The molecule has 0 saturated heterocycles. The van der Waals surface area contributed by atoms with Gasteiger partial charge in [-0.2, -0.15) is 0 Å². The molecule has 1 saturated carbocycles. The number of ether oxygens (including phenoxy) is 5. The average molecular weight is 593 g/mol. The van der Waals surface area contributed by atoms with E-state index in [0.29, 0.717) is 42.4 Å². The van der Waals surface area contributed by atoms with Gasteiger partial charge in [0.2, 0.25) is 0 Å². The minimum Gasteiger partial charge on any atom is -0.490 e. The molecule has 0 N–H and O–H groups in total. The average Bonchev–Trinajstić information content (AvgIpc) is 3.03. The molecule has 1 aliphatic rings. The molecule has 2 aromatic carbocycles. The molecular formula is C35H44O8. The van der Waals surface area contributed by atoms with E-state index in [-0.39, 0.29) is 19.8 Å². The highest BCUT2D eigenvalue weighted by Crippen LogP contribution is 2.37. The molecule has 232 valence electrons. The number of carbonyl (C=O) groups excluding carboxylic acids is 3. The second-order valence-electron chi connectivity index (χ2n) is 10.7. The van der Waals surface area contributed by atoms with Crippen LogP contribution in [0.3, 0.4) is 0 Å². The quantitative estimate of drug-likeness (QED) is 0.0791. The third kappa shape index (κ3) is 12.1. The first-order valence-corrected chi connectivity index (χ1v) is 15.2. The number of hydrogen-bond donors (Lipinski definition) is 0. The maximum Gasteiger partial charge on any atom is 0.343 e. The van der Waals surface area contributed by atoms with Gasteiger partial charge in [-0.1, -0.05) is 45.1 Å². The molecule has 0 radical (unpaired) electrons. The molecule has 0 spiro atoms. The van der Waals surface area contributed by atoms with Gasteiger partial charge in [-0.25, -0.2) is 14.4 Å². The maximum atomic E-state index is 12.7. The van der Waals surface area contributed by atoms with E-state index >= 15 is 0 Å². The minimum atomic E-state index is -0.664. The van der Waals surface area contributed by atoms with Crippen molar-refractivity contribution >= 4 is 17.9 Å². The number of rotatable bonds is 18. The lowest BCUT2D eigenvalue weighted by Gasteiger charge is -2.28. The largest absolute Gasteiger partial charge is 0.490 e. The Morgan fingerprint density at radius 3 is 2.14 bits per heavy atom. The summed E-state index contributed by atoms with van der Waals surface area (Å²) in [4.78, 5) is 35.5. The molecular weight excluding hydrogens is 548 g/mol. The predicted molar refractivity (Wildman–Crippen MR) is 164 cm³/mol. The van der Waals surface area contributed by atoms with E-state index in [1.807, 2.05) is 12.1 Å². The van der Waals surface area contributed by atoms with Crippen LogP contribution in [-0.2, 0) is 23.8 Å². The van der Waals surface area contributed by atoms with E-state index in [2.05, 4.69) is 32.2 Å². The van der Waals surface area contributed by atoms with Crippen molar-refractivity contribution in [3.8, 4) is 11.5 Å². The fourth-order valence-corrected chi connectivity index (χ4v) is 5.12. The zero-order valence-corrected chi connectivity index (χ0v) is 25.2. The fourth-order valence-electron chi connectivity index (χ4n) is 5.12. The summed E-state index contributed by atoms with van der Waals surface area (Å²) in [5.74, 6) is 0.963. The third-order valence-corrected chi connectivity index (χ3v) is 7.48. The Bertz CT molecular complexity index is 1160. The number of carbonyl (C=O) groups is 3. The van der Waals surface area contributed by atoms with E-state index in [9.17, 15) is 14.4 Å². The van der Waals surface area contributed by atoms with Crippen molar-refractivity contribution in [3.63, 3.8) is 0 Å². The van der Waals surface area contributed by atoms with E-state index in [1.165, 1.54) is 44.1 Å². The van der Waals surface area contributed by atoms with Gasteiger partial charge in [0.05, 0.1) is 18.8 Å². The van der Waals surface area contributed by atoms with Crippen molar-refractivity contribution in [2.24, 2.45) is 5.92 Å². The fraction of sp³-hybridized carbons (Fsp3) is 0.457. The smallest absolute Gasteiger partial charge is 0.343 e.